The van der Waals surface area contributed by atoms with Crippen molar-refractivity contribution in [3.05, 3.63) is 0 Å². The molecule has 6 heteroatoms. The highest BCUT2D eigenvalue weighted by molar-refractivity contribution is 5.03. The Balaban J connectivity index is 2.69. The minimum Gasteiger partial charge on any atom is -0.327 e. The highest BCUT2D eigenvalue weighted by Gasteiger charge is 2.63. The highest BCUT2D eigenvalue weighted by Crippen LogP contribution is 2.57. The van der Waals surface area contributed by atoms with Gasteiger partial charge in [-0.2, -0.15) is 22.0 Å². The van der Waals surface area contributed by atoms with Crippen molar-refractivity contribution >= 4 is 0 Å². The van der Waals surface area contributed by atoms with E-state index in [1.807, 2.05) is 0 Å². The molecule has 1 unspecified atom stereocenters. The van der Waals surface area contributed by atoms with E-state index in [0.29, 0.717) is 12.8 Å². The third kappa shape index (κ3) is 1.99. The summed E-state index contributed by atoms with van der Waals surface area (Å²) < 4.78 is 60.9. The smallest absolute Gasteiger partial charge is 0.327 e. The van der Waals surface area contributed by atoms with Crippen molar-refractivity contribution in [2.24, 2.45) is 11.1 Å². The molecule has 1 aliphatic rings. The molecule has 0 aromatic carbocycles. The van der Waals surface area contributed by atoms with E-state index in [-0.39, 0.29) is 0 Å². The van der Waals surface area contributed by atoms with E-state index in [9.17, 15) is 22.0 Å². The maximum atomic E-state index is 12.6. The maximum absolute atomic E-state index is 12.6. The SMILES string of the molecule is CC(N)C1(CC(F)(F)C(F)(F)F)CC1. The molecule has 1 aliphatic carbocycles. The second kappa shape index (κ2) is 3.05. The number of hydrogen-bond acceptors (Lipinski definition) is 1. The van der Waals surface area contributed by atoms with E-state index in [4.69, 9.17) is 5.73 Å². The van der Waals surface area contributed by atoms with Crippen molar-refractivity contribution in [1.82, 2.24) is 0 Å². The highest BCUT2D eigenvalue weighted by atomic mass is 19.4. The van der Waals surface area contributed by atoms with Gasteiger partial charge in [0, 0.05) is 12.5 Å². The Morgan fingerprint density at radius 1 is 1.21 bits per heavy atom. The fourth-order valence-electron chi connectivity index (χ4n) is 1.50. The molecule has 2 N–H and O–H groups in total. The lowest BCUT2D eigenvalue weighted by atomic mass is 9.91. The van der Waals surface area contributed by atoms with Gasteiger partial charge in [-0.3, -0.25) is 0 Å². The largest absolute Gasteiger partial charge is 0.453 e. The first kappa shape index (κ1) is 11.7. The molecule has 0 aliphatic heterocycles. The van der Waals surface area contributed by atoms with Crippen LogP contribution < -0.4 is 5.73 Å². The zero-order chi connectivity index (χ0) is 11.2. The van der Waals surface area contributed by atoms with Crippen LogP contribution in [0.3, 0.4) is 0 Å². The van der Waals surface area contributed by atoms with Gasteiger partial charge in [0.15, 0.2) is 0 Å². The van der Waals surface area contributed by atoms with Crippen LogP contribution in [0.4, 0.5) is 22.0 Å². The molecule has 1 nitrogen and oxygen atoms in total. The fourth-order valence-corrected chi connectivity index (χ4v) is 1.50. The summed E-state index contributed by atoms with van der Waals surface area (Å²) in [5.74, 6) is -4.61. The van der Waals surface area contributed by atoms with Gasteiger partial charge in [0.1, 0.15) is 0 Å². The number of halogens is 5. The molecule has 1 rings (SSSR count). The topological polar surface area (TPSA) is 26.0 Å². The molecule has 0 bridgehead atoms. The minimum atomic E-state index is -5.46. The lowest BCUT2D eigenvalue weighted by Crippen LogP contribution is -2.42. The monoisotopic (exact) mass is 217 g/mol. The maximum Gasteiger partial charge on any atom is 0.453 e. The van der Waals surface area contributed by atoms with Crippen LogP contribution in [0.1, 0.15) is 26.2 Å². The molecule has 0 aromatic heterocycles. The molecule has 0 amide bonds. The van der Waals surface area contributed by atoms with Crippen molar-refractivity contribution in [1.29, 1.82) is 0 Å². The number of alkyl halides is 5. The van der Waals surface area contributed by atoms with E-state index >= 15 is 0 Å². The lowest BCUT2D eigenvalue weighted by molar-refractivity contribution is -0.289. The number of hydrogen-bond donors (Lipinski definition) is 1. The zero-order valence-corrected chi connectivity index (χ0v) is 7.67. The van der Waals surface area contributed by atoms with E-state index in [1.54, 1.807) is 0 Å². The van der Waals surface area contributed by atoms with E-state index in [2.05, 4.69) is 0 Å². The van der Waals surface area contributed by atoms with Crippen LogP contribution in [0, 0.1) is 5.41 Å². The molecule has 0 heterocycles. The molecule has 1 saturated carbocycles. The standard InChI is InChI=1S/C8H12F5N/c1-5(14)6(2-3-6)4-7(9,10)8(11,12)13/h5H,2-4,14H2,1H3. The van der Waals surface area contributed by atoms with Gasteiger partial charge >= 0.3 is 12.1 Å². The third-order valence-electron chi connectivity index (χ3n) is 2.85. The van der Waals surface area contributed by atoms with Crippen LogP contribution in [-0.4, -0.2) is 18.1 Å². The molecule has 84 valence electrons. The summed E-state index contributed by atoms with van der Waals surface area (Å²) in [5, 5.41) is 0. The van der Waals surface area contributed by atoms with Crippen molar-refractivity contribution in [3.8, 4) is 0 Å². The van der Waals surface area contributed by atoms with Crippen molar-refractivity contribution in [3.63, 3.8) is 0 Å². The molecule has 0 aromatic rings. The van der Waals surface area contributed by atoms with Crippen LogP contribution in [0.15, 0.2) is 0 Å². The van der Waals surface area contributed by atoms with Gasteiger partial charge in [0.25, 0.3) is 0 Å². The molecule has 1 atom stereocenters. The van der Waals surface area contributed by atoms with E-state index in [1.165, 1.54) is 6.92 Å². The summed E-state index contributed by atoms with van der Waals surface area (Å²) >= 11 is 0. The Bertz CT molecular complexity index is 216. The van der Waals surface area contributed by atoms with Crippen molar-refractivity contribution in [2.45, 2.75) is 44.3 Å². The molecular formula is C8H12F5N. The van der Waals surface area contributed by atoms with Gasteiger partial charge < -0.3 is 5.73 Å². The summed E-state index contributed by atoms with van der Waals surface area (Å²) in [5.41, 5.74) is 4.38. The molecule has 0 spiro atoms. The average Bonchev–Trinajstić information content (AvgIpc) is 2.65. The summed E-state index contributed by atoms with van der Waals surface area (Å²) in [6.45, 7) is 1.47. The molecular weight excluding hydrogens is 205 g/mol. The third-order valence-corrected chi connectivity index (χ3v) is 2.85. The first-order chi connectivity index (χ1) is 6.11. The molecule has 0 radical (unpaired) electrons. The summed E-state index contributed by atoms with van der Waals surface area (Å²) in [6.07, 6.45) is -5.93. The first-order valence-corrected chi connectivity index (χ1v) is 4.31. The van der Waals surface area contributed by atoms with Gasteiger partial charge in [-0.15, -0.1) is 0 Å². The van der Waals surface area contributed by atoms with E-state index < -0.39 is 30.0 Å². The summed E-state index contributed by atoms with van der Waals surface area (Å²) in [4.78, 5) is 0. The molecule has 1 fully saturated rings. The van der Waals surface area contributed by atoms with Gasteiger partial charge in [-0.05, 0) is 25.2 Å². The van der Waals surface area contributed by atoms with Crippen LogP contribution in [0.5, 0.6) is 0 Å². The normalized spacial score (nSPS) is 23.4. The van der Waals surface area contributed by atoms with Gasteiger partial charge in [-0.1, -0.05) is 0 Å². The number of nitrogens with two attached hydrogens (primary N) is 1. The second-order valence-corrected chi connectivity index (χ2v) is 4.03. The van der Waals surface area contributed by atoms with E-state index in [0.717, 1.165) is 0 Å². The Hall–Kier alpha value is -0.390. The minimum absolute atomic E-state index is 0.357. The summed E-state index contributed by atoms with van der Waals surface area (Å²) in [7, 11) is 0. The van der Waals surface area contributed by atoms with Crippen LogP contribution >= 0.6 is 0 Å². The zero-order valence-electron chi connectivity index (χ0n) is 7.67. The van der Waals surface area contributed by atoms with Crippen molar-refractivity contribution < 1.29 is 22.0 Å². The van der Waals surface area contributed by atoms with Gasteiger partial charge in [0.2, 0.25) is 0 Å². The summed E-state index contributed by atoms with van der Waals surface area (Å²) in [6, 6.07) is -0.615. The Labute approximate surface area is 78.5 Å². The van der Waals surface area contributed by atoms with Crippen LogP contribution in [0.25, 0.3) is 0 Å². The van der Waals surface area contributed by atoms with Crippen molar-refractivity contribution in [2.75, 3.05) is 0 Å². The number of rotatable bonds is 3. The lowest BCUT2D eigenvalue weighted by Gasteiger charge is -2.27. The van der Waals surface area contributed by atoms with Gasteiger partial charge in [-0.25, -0.2) is 0 Å². The molecule has 0 saturated heterocycles. The van der Waals surface area contributed by atoms with Crippen LogP contribution in [-0.2, 0) is 0 Å². The predicted molar refractivity (Wildman–Crippen MR) is 40.9 cm³/mol. The molecule has 14 heavy (non-hydrogen) atoms. The van der Waals surface area contributed by atoms with Gasteiger partial charge in [0.05, 0.1) is 0 Å². The van der Waals surface area contributed by atoms with Crippen LogP contribution in [0.2, 0.25) is 0 Å². The quantitative estimate of drug-likeness (QED) is 0.722. The average molecular weight is 217 g/mol. The Morgan fingerprint density at radius 3 is 1.86 bits per heavy atom. The first-order valence-electron chi connectivity index (χ1n) is 4.31. The Morgan fingerprint density at radius 2 is 1.64 bits per heavy atom. The second-order valence-electron chi connectivity index (χ2n) is 4.03. The fraction of sp³-hybridized carbons (Fsp3) is 1.00. The Kier molecular flexibility index (Phi) is 2.54. The predicted octanol–water partition coefficient (Wildman–Crippen LogP) is 2.70.